The SMILES string of the molecule is CC1(C)CCc2[nH]nc(NC[C@H]3CC[C@H](NC(=O)c4cc(C(F)(F)F)ccc4Cl)CC3)c2C1. The van der Waals surface area contributed by atoms with Crippen molar-refractivity contribution in [3.05, 3.63) is 45.6 Å². The van der Waals surface area contributed by atoms with Crippen LogP contribution in [0.1, 0.15) is 73.1 Å². The first-order chi connectivity index (χ1) is 15.5. The van der Waals surface area contributed by atoms with Gasteiger partial charge in [0.2, 0.25) is 0 Å². The molecule has 2 aliphatic rings. The normalized spacial score (nSPS) is 22.5. The molecule has 3 N–H and O–H groups in total. The first-order valence-corrected chi connectivity index (χ1v) is 11.9. The van der Waals surface area contributed by atoms with Crippen LogP contribution < -0.4 is 10.6 Å². The summed E-state index contributed by atoms with van der Waals surface area (Å²) in [5.41, 5.74) is 1.80. The second-order valence-corrected chi connectivity index (χ2v) is 10.5. The number of rotatable bonds is 5. The molecule has 0 unspecified atom stereocenters. The number of carbonyl (C=O) groups is 1. The molecule has 0 radical (unpaired) electrons. The summed E-state index contributed by atoms with van der Waals surface area (Å²) in [4.78, 5) is 12.6. The lowest BCUT2D eigenvalue weighted by molar-refractivity contribution is -0.137. The van der Waals surface area contributed by atoms with E-state index in [0.29, 0.717) is 5.92 Å². The van der Waals surface area contributed by atoms with Crippen LogP contribution in [-0.2, 0) is 19.0 Å². The van der Waals surface area contributed by atoms with Crippen LogP contribution in [0.5, 0.6) is 0 Å². The van der Waals surface area contributed by atoms with E-state index < -0.39 is 17.6 Å². The predicted molar refractivity (Wildman–Crippen MR) is 123 cm³/mol. The van der Waals surface area contributed by atoms with Gasteiger partial charge in [-0.15, -0.1) is 0 Å². The zero-order chi connectivity index (χ0) is 23.8. The number of benzene rings is 1. The molecule has 0 bridgehead atoms. The number of nitrogens with one attached hydrogen (secondary N) is 3. The van der Waals surface area contributed by atoms with Gasteiger partial charge in [-0.3, -0.25) is 9.89 Å². The molecule has 1 amide bonds. The van der Waals surface area contributed by atoms with E-state index in [2.05, 4.69) is 34.7 Å². The average molecular weight is 483 g/mol. The number of aryl methyl sites for hydroxylation is 1. The van der Waals surface area contributed by atoms with Gasteiger partial charge in [0.15, 0.2) is 5.82 Å². The van der Waals surface area contributed by atoms with E-state index in [1.807, 2.05) is 0 Å². The van der Waals surface area contributed by atoms with Gasteiger partial charge in [0.05, 0.1) is 16.1 Å². The van der Waals surface area contributed by atoms with E-state index in [4.69, 9.17) is 11.6 Å². The average Bonchev–Trinajstić information content (AvgIpc) is 3.13. The second kappa shape index (κ2) is 9.20. The van der Waals surface area contributed by atoms with E-state index in [9.17, 15) is 18.0 Å². The van der Waals surface area contributed by atoms with Crippen LogP contribution in [0.2, 0.25) is 5.02 Å². The maximum Gasteiger partial charge on any atom is 0.416 e. The van der Waals surface area contributed by atoms with Crippen LogP contribution in [-0.4, -0.2) is 28.7 Å². The number of aromatic amines is 1. The first kappa shape index (κ1) is 23.9. The molecule has 33 heavy (non-hydrogen) atoms. The van der Waals surface area contributed by atoms with Crippen molar-refractivity contribution < 1.29 is 18.0 Å². The molecule has 2 aromatic rings. The number of nitrogens with zero attached hydrogens (tertiary/aromatic N) is 1. The maximum atomic E-state index is 13.0. The Kier molecular flexibility index (Phi) is 6.67. The van der Waals surface area contributed by atoms with E-state index in [1.165, 1.54) is 11.3 Å². The molecule has 1 fully saturated rings. The lowest BCUT2D eigenvalue weighted by Crippen LogP contribution is -2.38. The third kappa shape index (κ3) is 5.65. The quantitative estimate of drug-likeness (QED) is 0.489. The zero-order valence-electron chi connectivity index (χ0n) is 18.9. The van der Waals surface area contributed by atoms with Crippen molar-refractivity contribution in [3.63, 3.8) is 0 Å². The largest absolute Gasteiger partial charge is 0.416 e. The number of H-pyrrole nitrogens is 1. The number of anilines is 1. The molecule has 1 aromatic carbocycles. The molecule has 2 aliphatic carbocycles. The molecule has 0 saturated heterocycles. The van der Waals surface area contributed by atoms with Crippen LogP contribution in [0.15, 0.2) is 18.2 Å². The van der Waals surface area contributed by atoms with E-state index in [0.717, 1.165) is 75.5 Å². The molecule has 5 nitrogen and oxygen atoms in total. The van der Waals surface area contributed by atoms with Gasteiger partial charge in [-0.25, -0.2) is 0 Å². The van der Waals surface area contributed by atoms with Crippen molar-refractivity contribution in [2.45, 2.75) is 71.0 Å². The molecule has 1 aromatic heterocycles. The van der Waals surface area contributed by atoms with Gasteiger partial charge in [-0.1, -0.05) is 25.4 Å². The Hall–Kier alpha value is -2.22. The van der Waals surface area contributed by atoms with Crippen LogP contribution in [0.4, 0.5) is 19.0 Å². The van der Waals surface area contributed by atoms with Crippen LogP contribution in [0.25, 0.3) is 0 Å². The summed E-state index contributed by atoms with van der Waals surface area (Å²) in [7, 11) is 0. The summed E-state index contributed by atoms with van der Waals surface area (Å²) >= 11 is 6.00. The lowest BCUT2D eigenvalue weighted by Gasteiger charge is -2.31. The number of aromatic nitrogens is 2. The zero-order valence-corrected chi connectivity index (χ0v) is 19.7. The number of carbonyl (C=O) groups excluding carboxylic acids is 1. The van der Waals surface area contributed by atoms with Gasteiger partial charge < -0.3 is 10.6 Å². The van der Waals surface area contributed by atoms with E-state index >= 15 is 0 Å². The fourth-order valence-corrected chi connectivity index (χ4v) is 5.07. The summed E-state index contributed by atoms with van der Waals surface area (Å²) in [5, 5.41) is 14.1. The molecule has 0 spiro atoms. The third-order valence-corrected chi connectivity index (χ3v) is 7.27. The van der Waals surface area contributed by atoms with Crippen molar-refractivity contribution in [1.82, 2.24) is 15.5 Å². The first-order valence-electron chi connectivity index (χ1n) is 11.5. The molecule has 1 heterocycles. The number of fused-ring (bicyclic) bond motifs is 1. The lowest BCUT2D eigenvalue weighted by atomic mass is 9.76. The van der Waals surface area contributed by atoms with Gasteiger partial charge >= 0.3 is 6.18 Å². The highest BCUT2D eigenvalue weighted by atomic mass is 35.5. The van der Waals surface area contributed by atoms with Crippen molar-refractivity contribution in [1.29, 1.82) is 0 Å². The monoisotopic (exact) mass is 482 g/mol. The third-order valence-electron chi connectivity index (χ3n) is 6.94. The molecule has 4 rings (SSSR count). The smallest absolute Gasteiger partial charge is 0.368 e. The van der Waals surface area contributed by atoms with E-state index in [1.54, 1.807) is 0 Å². The highest BCUT2D eigenvalue weighted by molar-refractivity contribution is 6.33. The Morgan fingerprint density at radius 1 is 1.24 bits per heavy atom. The van der Waals surface area contributed by atoms with Crippen molar-refractivity contribution in [2.24, 2.45) is 11.3 Å². The highest BCUT2D eigenvalue weighted by Gasteiger charge is 2.32. The van der Waals surface area contributed by atoms with Crippen LogP contribution in [0.3, 0.4) is 0 Å². The van der Waals surface area contributed by atoms with E-state index in [-0.39, 0.29) is 22.0 Å². The minimum absolute atomic E-state index is 0.0175. The molecule has 9 heteroatoms. The van der Waals surface area contributed by atoms with Gasteiger partial charge in [0.25, 0.3) is 5.91 Å². The Morgan fingerprint density at radius 3 is 2.67 bits per heavy atom. The maximum absolute atomic E-state index is 13.0. The molecule has 0 aliphatic heterocycles. The van der Waals surface area contributed by atoms with Gasteiger partial charge in [-0.2, -0.15) is 18.3 Å². The number of hydrogen-bond donors (Lipinski definition) is 3. The molecular weight excluding hydrogens is 453 g/mol. The standard InChI is InChI=1S/C24H30ClF3N4O/c1-23(2)10-9-20-18(12-23)21(32-31-20)29-13-14-3-6-16(7-4-14)30-22(33)17-11-15(24(26,27)28)5-8-19(17)25/h5,8,11,14,16H,3-4,6-7,9-10,12-13H2,1-2H3,(H,30,33)(H2,29,31,32)/t14-,16-. The van der Waals surface area contributed by atoms with Crippen molar-refractivity contribution in [3.8, 4) is 0 Å². The Balaban J connectivity index is 1.28. The number of amides is 1. The predicted octanol–water partition coefficient (Wildman–Crippen LogP) is 6.00. The Bertz CT molecular complexity index is 1010. The molecule has 1 saturated carbocycles. The van der Waals surface area contributed by atoms with Crippen LogP contribution in [0, 0.1) is 11.3 Å². The second-order valence-electron chi connectivity index (χ2n) is 10.1. The minimum atomic E-state index is -4.52. The number of hydrogen-bond acceptors (Lipinski definition) is 3. The fourth-order valence-electron chi connectivity index (χ4n) is 4.87. The fraction of sp³-hybridized carbons (Fsp3) is 0.583. The highest BCUT2D eigenvalue weighted by Crippen LogP contribution is 2.37. The summed E-state index contributed by atoms with van der Waals surface area (Å²) < 4.78 is 38.9. The topological polar surface area (TPSA) is 69.8 Å². The summed E-state index contributed by atoms with van der Waals surface area (Å²) in [6.45, 7) is 5.39. The van der Waals surface area contributed by atoms with Gasteiger partial charge in [-0.05, 0) is 74.5 Å². The van der Waals surface area contributed by atoms with Crippen LogP contribution >= 0.6 is 11.6 Å². The van der Waals surface area contributed by atoms with Gasteiger partial charge in [0.1, 0.15) is 0 Å². The number of halogens is 4. The Morgan fingerprint density at radius 2 is 1.97 bits per heavy atom. The molecular formula is C24H30ClF3N4O. The summed E-state index contributed by atoms with van der Waals surface area (Å²) in [6, 6.07) is 2.75. The van der Waals surface area contributed by atoms with Crippen molar-refractivity contribution >= 4 is 23.3 Å². The minimum Gasteiger partial charge on any atom is -0.368 e. The number of alkyl halides is 3. The van der Waals surface area contributed by atoms with Gasteiger partial charge in [0, 0.05) is 23.8 Å². The van der Waals surface area contributed by atoms with Crippen molar-refractivity contribution in [2.75, 3.05) is 11.9 Å². The molecule has 180 valence electrons. The molecule has 0 atom stereocenters. The summed E-state index contributed by atoms with van der Waals surface area (Å²) in [6.07, 6.45) is 2.08. The Labute approximate surface area is 196 Å². The summed E-state index contributed by atoms with van der Waals surface area (Å²) in [5.74, 6) is 0.852.